The van der Waals surface area contributed by atoms with Crippen LogP contribution in [0.15, 0.2) is 12.4 Å². The largest absolute Gasteiger partial charge is 0.467 e. The summed E-state index contributed by atoms with van der Waals surface area (Å²) in [4.78, 5) is 21.5. The van der Waals surface area contributed by atoms with E-state index in [1.165, 1.54) is 19.5 Å². The van der Waals surface area contributed by atoms with Gasteiger partial charge in [0.25, 0.3) is 0 Å². The minimum atomic E-state index is -0.358. The van der Waals surface area contributed by atoms with Gasteiger partial charge in [0.15, 0.2) is 11.5 Å². The Hall–Kier alpha value is -2.16. The van der Waals surface area contributed by atoms with E-state index in [0.717, 1.165) is 6.42 Å². The molecule has 1 aliphatic rings. The number of aromatic nitrogens is 2. The number of nitrogens with zero attached hydrogens (tertiary/aromatic N) is 4. The maximum Gasteiger partial charge on any atom is 0.328 e. The third-order valence-corrected chi connectivity index (χ3v) is 2.78. The lowest BCUT2D eigenvalue weighted by Gasteiger charge is -2.23. The summed E-state index contributed by atoms with van der Waals surface area (Å²) in [6.07, 6.45) is 4.57. The molecule has 0 N–H and O–H groups in total. The van der Waals surface area contributed by atoms with E-state index >= 15 is 0 Å². The first-order valence-electron chi connectivity index (χ1n) is 5.33. The van der Waals surface area contributed by atoms with Crippen molar-refractivity contribution >= 4 is 11.8 Å². The molecule has 0 amide bonds. The molecule has 6 heteroatoms. The fourth-order valence-corrected chi connectivity index (χ4v) is 2.02. The number of ether oxygens (including phenoxy) is 1. The summed E-state index contributed by atoms with van der Waals surface area (Å²) in [6, 6.07) is 1.62. The van der Waals surface area contributed by atoms with Crippen LogP contribution in [-0.2, 0) is 9.53 Å². The minimum Gasteiger partial charge on any atom is -0.467 e. The molecule has 1 fully saturated rings. The maximum absolute atomic E-state index is 11.6. The van der Waals surface area contributed by atoms with Gasteiger partial charge in [0.05, 0.1) is 7.11 Å². The van der Waals surface area contributed by atoms with Crippen molar-refractivity contribution in [1.82, 2.24) is 9.97 Å². The van der Waals surface area contributed by atoms with Gasteiger partial charge in [0.1, 0.15) is 12.1 Å². The molecule has 1 aromatic rings. The average molecular weight is 232 g/mol. The van der Waals surface area contributed by atoms with E-state index in [1.54, 1.807) is 4.90 Å². The Morgan fingerprint density at radius 2 is 2.35 bits per heavy atom. The number of anilines is 1. The van der Waals surface area contributed by atoms with Crippen molar-refractivity contribution in [2.24, 2.45) is 0 Å². The molecule has 1 aromatic heterocycles. The second-order valence-electron chi connectivity index (χ2n) is 3.71. The van der Waals surface area contributed by atoms with Crippen LogP contribution in [0, 0.1) is 11.3 Å². The molecule has 0 aromatic carbocycles. The van der Waals surface area contributed by atoms with Crippen molar-refractivity contribution in [2.75, 3.05) is 18.6 Å². The molecule has 0 spiro atoms. The Balaban J connectivity index is 2.33. The molecule has 1 aliphatic heterocycles. The lowest BCUT2D eigenvalue weighted by Crippen LogP contribution is -2.37. The topological polar surface area (TPSA) is 79.1 Å². The molecule has 1 saturated heterocycles. The first kappa shape index (κ1) is 11.3. The maximum atomic E-state index is 11.6. The molecule has 1 atom stereocenters. The third kappa shape index (κ3) is 2.04. The van der Waals surface area contributed by atoms with Gasteiger partial charge in [-0.3, -0.25) is 0 Å². The fraction of sp³-hybridized carbons (Fsp3) is 0.455. The first-order chi connectivity index (χ1) is 8.27. The van der Waals surface area contributed by atoms with E-state index in [-0.39, 0.29) is 17.7 Å². The number of hydrogen-bond acceptors (Lipinski definition) is 6. The van der Waals surface area contributed by atoms with Gasteiger partial charge in [0, 0.05) is 18.9 Å². The Labute approximate surface area is 98.8 Å². The molecule has 2 heterocycles. The molecule has 0 bridgehead atoms. The Bertz CT molecular complexity index is 469. The zero-order valence-corrected chi connectivity index (χ0v) is 9.46. The predicted octanol–water partition coefficient (Wildman–Crippen LogP) is 0.490. The highest BCUT2D eigenvalue weighted by Crippen LogP contribution is 2.25. The number of rotatable bonds is 2. The molecular formula is C11H12N4O2. The summed E-state index contributed by atoms with van der Waals surface area (Å²) < 4.78 is 4.75. The number of hydrogen-bond donors (Lipinski definition) is 0. The SMILES string of the molecule is COC(=O)C1CCCN1c1nccnc1C#N. The highest BCUT2D eigenvalue weighted by atomic mass is 16.5. The second-order valence-corrected chi connectivity index (χ2v) is 3.71. The van der Waals surface area contributed by atoms with Crippen LogP contribution in [0.4, 0.5) is 5.82 Å². The zero-order valence-electron chi connectivity index (χ0n) is 9.46. The number of methoxy groups -OCH3 is 1. The van der Waals surface area contributed by atoms with Gasteiger partial charge in [0.2, 0.25) is 0 Å². The summed E-state index contributed by atoms with van der Waals surface area (Å²) >= 11 is 0. The summed E-state index contributed by atoms with van der Waals surface area (Å²) in [5.74, 6) is 0.167. The van der Waals surface area contributed by atoms with Crippen LogP contribution < -0.4 is 4.90 Å². The molecule has 0 aliphatic carbocycles. The summed E-state index contributed by atoms with van der Waals surface area (Å²) in [7, 11) is 1.36. The van der Waals surface area contributed by atoms with Gasteiger partial charge < -0.3 is 9.64 Å². The van der Waals surface area contributed by atoms with Crippen molar-refractivity contribution in [1.29, 1.82) is 5.26 Å². The van der Waals surface area contributed by atoms with Crippen molar-refractivity contribution in [3.8, 4) is 6.07 Å². The number of carbonyl (C=O) groups excluding carboxylic acids is 1. The molecule has 88 valence electrons. The van der Waals surface area contributed by atoms with Gasteiger partial charge in [-0.2, -0.15) is 5.26 Å². The van der Waals surface area contributed by atoms with E-state index in [2.05, 4.69) is 9.97 Å². The van der Waals surface area contributed by atoms with Crippen LogP contribution in [0.3, 0.4) is 0 Å². The monoisotopic (exact) mass is 232 g/mol. The molecule has 0 saturated carbocycles. The normalized spacial score (nSPS) is 18.8. The summed E-state index contributed by atoms with van der Waals surface area (Å²) in [5, 5.41) is 8.97. The number of nitriles is 1. The van der Waals surface area contributed by atoms with Crippen LogP contribution in [0.5, 0.6) is 0 Å². The van der Waals surface area contributed by atoms with Crippen LogP contribution >= 0.6 is 0 Å². The minimum absolute atomic E-state index is 0.239. The molecule has 2 rings (SSSR count). The van der Waals surface area contributed by atoms with Crippen molar-refractivity contribution in [2.45, 2.75) is 18.9 Å². The molecule has 1 unspecified atom stereocenters. The number of esters is 1. The third-order valence-electron chi connectivity index (χ3n) is 2.78. The molecule has 17 heavy (non-hydrogen) atoms. The lowest BCUT2D eigenvalue weighted by molar-refractivity contribution is -0.141. The Morgan fingerprint density at radius 1 is 1.59 bits per heavy atom. The smallest absolute Gasteiger partial charge is 0.328 e. The highest BCUT2D eigenvalue weighted by molar-refractivity contribution is 5.80. The van der Waals surface area contributed by atoms with Gasteiger partial charge in [-0.15, -0.1) is 0 Å². The summed E-state index contributed by atoms with van der Waals surface area (Å²) in [6.45, 7) is 0.688. The zero-order chi connectivity index (χ0) is 12.3. The highest BCUT2D eigenvalue weighted by Gasteiger charge is 2.33. The fourth-order valence-electron chi connectivity index (χ4n) is 2.02. The standard InChI is InChI=1S/C11H12N4O2/c1-17-11(16)9-3-2-6-15(9)10-8(7-12)13-4-5-14-10/h4-5,9H,2-3,6H2,1H3. The summed E-state index contributed by atoms with van der Waals surface area (Å²) in [5.41, 5.74) is 0.239. The average Bonchev–Trinajstić information content (AvgIpc) is 2.86. The predicted molar refractivity (Wildman–Crippen MR) is 59.1 cm³/mol. The van der Waals surface area contributed by atoms with E-state index in [4.69, 9.17) is 10.00 Å². The van der Waals surface area contributed by atoms with Crippen LogP contribution in [-0.4, -0.2) is 35.6 Å². The lowest BCUT2D eigenvalue weighted by atomic mass is 10.2. The van der Waals surface area contributed by atoms with Crippen molar-refractivity contribution < 1.29 is 9.53 Å². The van der Waals surface area contributed by atoms with E-state index in [9.17, 15) is 4.79 Å². The van der Waals surface area contributed by atoms with E-state index in [1.807, 2.05) is 6.07 Å². The van der Waals surface area contributed by atoms with Gasteiger partial charge in [-0.1, -0.05) is 0 Å². The van der Waals surface area contributed by atoms with E-state index in [0.29, 0.717) is 18.8 Å². The van der Waals surface area contributed by atoms with Gasteiger partial charge in [-0.05, 0) is 12.8 Å². The number of carbonyl (C=O) groups is 1. The van der Waals surface area contributed by atoms with E-state index < -0.39 is 0 Å². The van der Waals surface area contributed by atoms with Crippen molar-refractivity contribution in [3.05, 3.63) is 18.1 Å². The van der Waals surface area contributed by atoms with Gasteiger partial charge >= 0.3 is 5.97 Å². The first-order valence-corrected chi connectivity index (χ1v) is 5.33. The van der Waals surface area contributed by atoms with Crippen LogP contribution in [0.1, 0.15) is 18.5 Å². The Morgan fingerprint density at radius 3 is 3.06 bits per heavy atom. The quantitative estimate of drug-likeness (QED) is 0.690. The van der Waals surface area contributed by atoms with Crippen LogP contribution in [0.2, 0.25) is 0 Å². The molecular weight excluding hydrogens is 220 g/mol. The molecule has 6 nitrogen and oxygen atoms in total. The van der Waals surface area contributed by atoms with Crippen molar-refractivity contribution in [3.63, 3.8) is 0 Å². The molecule has 0 radical (unpaired) electrons. The Kier molecular flexibility index (Phi) is 3.19. The van der Waals surface area contributed by atoms with Crippen LogP contribution in [0.25, 0.3) is 0 Å². The second kappa shape index (κ2) is 4.78. The van der Waals surface area contributed by atoms with Gasteiger partial charge in [-0.25, -0.2) is 14.8 Å².